The van der Waals surface area contributed by atoms with Crippen LogP contribution in [0.3, 0.4) is 0 Å². The number of carbonyl (C=O) groups excluding carboxylic acids is 1. The number of rotatable bonds is 4. The molecule has 0 bridgehead atoms. The molecule has 0 radical (unpaired) electrons. The molecule has 126 valence electrons. The number of amides is 1. The summed E-state index contributed by atoms with van der Waals surface area (Å²) in [6.07, 6.45) is 6.84. The highest BCUT2D eigenvalue weighted by atomic mass is 16.1. The van der Waals surface area contributed by atoms with Crippen molar-refractivity contribution in [2.24, 2.45) is 0 Å². The van der Waals surface area contributed by atoms with Gasteiger partial charge in [0.25, 0.3) is 5.91 Å². The molecule has 0 aliphatic carbocycles. The van der Waals surface area contributed by atoms with E-state index in [1.54, 1.807) is 0 Å². The molecule has 0 spiro atoms. The zero-order valence-electron chi connectivity index (χ0n) is 14.5. The molecular weight excluding hydrogens is 298 g/mol. The van der Waals surface area contributed by atoms with Gasteiger partial charge in [0.15, 0.2) is 0 Å². The highest BCUT2D eigenvalue weighted by Gasteiger charge is 2.21. The first-order valence-corrected chi connectivity index (χ1v) is 8.78. The smallest absolute Gasteiger partial charge is 0.256 e. The Labute approximate surface area is 143 Å². The fourth-order valence-corrected chi connectivity index (χ4v) is 3.29. The van der Waals surface area contributed by atoms with E-state index in [9.17, 15) is 4.79 Å². The number of hydrogen-bond donors (Lipinski definition) is 1. The highest BCUT2D eigenvalue weighted by Crippen LogP contribution is 2.26. The molecule has 2 heterocycles. The Balaban J connectivity index is 1.68. The summed E-state index contributed by atoms with van der Waals surface area (Å²) >= 11 is 0. The van der Waals surface area contributed by atoms with Gasteiger partial charge in [-0.15, -0.1) is 0 Å². The topological polar surface area (TPSA) is 45.2 Å². The molecule has 1 amide bonds. The van der Waals surface area contributed by atoms with Gasteiger partial charge in [0.1, 0.15) is 5.82 Å². The van der Waals surface area contributed by atoms with E-state index >= 15 is 0 Å². The van der Waals surface area contributed by atoms with Crippen LogP contribution in [0.5, 0.6) is 0 Å². The van der Waals surface area contributed by atoms with Crippen LogP contribution in [0.4, 0.5) is 11.5 Å². The second-order valence-corrected chi connectivity index (χ2v) is 6.47. The van der Waals surface area contributed by atoms with E-state index in [2.05, 4.69) is 28.2 Å². The zero-order valence-corrected chi connectivity index (χ0v) is 14.5. The van der Waals surface area contributed by atoms with Gasteiger partial charge in [0.05, 0.1) is 11.9 Å². The van der Waals surface area contributed by atoms with Gasteiger partial charge in [-0.05, 0) is 56.9 Å². The van der Waals surface area contributed by atoms with E-state index in [0.717, 1.165) is 24.2 Å². The fraction of sp³-hybridized carbons (Fsp3) is 0.400. The van der Waals surface area contributed by atoms with Crippen molar-refractivity contribution in [2.45, 2.75) is 45.6 Å². The van der Waals surface area contributed by atoms with Crippen LogP contribution in [-0.4, -0.2) is 23.5 Å². The fourth-order valence-electron chi connectivity index (χ4n) is 3.29. The molecule has 1 aliphatic rings. The van der Waals surface area contributed by atoms with Gasteiger partial charge in [-0.3, -0.25) is 4.79 Å². The van der Waals surface area contributed by atoms with Gasteiger partial charge in [0, 0.05) is 18.2 Å². The molecule has 4 nitrogen and oxygen atoms in total. The number of hydrogen-bond acceptors (Lipinski definition) is 3. The number of pyridine rings is 1. The summed E-state index contributed by atoms with van der Waals surface area (Å²) in [5.41, 5.74) is 2.93. The Kier molecular flexibility index (Phi) is 5.14. The van der Waals surface area contributed by atoms with E-state index in [1.165, 1.54) is 19.3 Å². The van der Waals surface area contributed by atoms with E-state index < -0.39 is 0 Å². The molecule has 1 saturated heterocycles. The summed E-state index contributed by atoms with van der Waals surface area (Å²) in [5.74, 6) is 0.467. The molecule has 4 heteroatoms. The summed E-state index contributed by atoms with van der Waals surface area (Å²) in [6.45, 7) is 5.34. The van der Waals surface area contributed by atoms with Crippen molar-refractivity contribution in [3.8, 4) is 0 Å². The molecule has 1 aliphatic heterocycles. The molecule has 0 saturated carbocycles. The minimum atomic E-state index is -0.125. The first-order chi connectivity index (χ1) is 11.7. The lowest BCUT2D eigenvalue weighted by atomic mass is 9.99. The Morgan fingerprint density at radius 2 is 2.00 bits per heavy atom. The predicted molar refractivity (Wildman–Crippen MR) is 98.6 cm³/mol. The van der Waals surface area contributed by atoms with E-state index in [1.807, 2.05) is 43.5 Å². The maximum Gasteiger partial charge on any atom is 0.256 e. The molecule has 24 heavy (non-hydrogen) atoms. The van der Waals surface area contributed by atoms with Gasteiger partial charge in [-0.25, -0.2) is 4.98 Å². The van der Waals surface area contributed by atoms with E-state index in [0.29, 0.717) is 17.4 Å². The van der Waals surface area contributed by atoms with Gasteiger partial charge in [-0.2, -0.15) is 0 Å². The normalized spacial score (nSPS) is 17.6. The number of carbonyl (C=O) groups is 1. The molecule has 2 aromatic rings. The largest absolute Gasteiger partial charge is 0.367 e. The quantitative estimate of drug-likeness (QED) is 0.906. The van der Waals surface area contributed by atoms with Gasteiger partial charge in [-0.1, -0.05) is 24.6 Å². The third-order valence-corrected chi connectivity index (χ3v) is 4.73. The third-order valence-electron chi connectivity index (χ3n) is 4.73. The molecule has 1 atom stereocenters. The van der Waals surface area contributed by atoms with Crippen LogP contribution < -0.4 is 10.2 Å². The van der Waals surface area contributed by atoms with Crippen LogP contribution in [0.1, 0.15) is 48.5 Å². The lowest BCUT2D eigenvalue weighted by molar-refractivity contribution is 0.102. The number of piperidine rings is 1. The Morgan fingerprint density at radius 1 is 1.21 bits per heavy atom. The van der Waals surface area contributed by atoms with Crippen LogP contribution in [0.2, 0.25) is 0 Å². The third kappa shape index (κ3) is 3.75. The summed E-state index contributed by atoms with van der Waals surface area (Å²) in [6, 6.07) is 12.1. The molecule has 1 unspecified atom stereocenters. The number of anilines is 2. The Morgan fingerprint density at radius 3 is 2.67 bits per heavy atom. The Bertz CT molecular complexity index is 679. The predicted octanol–water partition coefficient (Wildman–Crippen LogP) is 4.41. The van der Waals surface area contributed by atoms with Gasteiger partial charge >= 0.3 is 0 Å². The van der Waals surface area contributed by atoms with Crippen molar-refractivity contribution in [3.05, 3.63) is 53.7 Å². The number of aromatic nitrogens is 1. The maximum absolute atomic E-state index is 12.2. The number of nitrogens with zero attached hydrogens (tertiary/aromatic N) is 2. The maximum atomic E-state index is 12.2. The molecule has 1 N–H and O–H groups in total. The first-order valence-electron chi connectivity index (χ1n) is 8.78. The van der Waals surface area contributed by atoms with Crippen molar-refractivity contribution in [1.82, 2.24) is 4.98 Å². The average molecular weight is 323 g/mol. The van der Waals surface area contributed by atoms with Crippen molar-refractivity contribution in [2.75, 3.05) is 16.8 Å². The number of aryl methyl sites for hydroxylation is 1. The van der Waals surface area contributed by atoms with Crippen LogP contribution in [-0.2, 0) is 0 Å². The van der Waals surface area contributed by atoms with Crippen LogP contribution in [0, 0.1) is 6.92 Å². The zero-order chi connectivity index (χ0) is 16.9. The number of benzene rings is 1. The van der Waals surface area contributed by atoms with Gasteiger partial charge < -0.3 is 10.2 Å². The lowest BCUT2D eigenvalue weighted by Crippen LogP contribution is -2.39. The molecule has 1 fully saturated rings. The van der Waals surface area contributed by atoms with E-state index in [-0.39, 0.29) is 5.91 Å². The van der Waals surface area contributed by atoms with Crippen molar-refractivity contribution >= 4 is 17.4 Å². The molecule has 1 aromatic carbocycles. The first kappa shape index (κ1) is 16.5. The summed E-state index contributed by atoms with van der Waals surface area (Å²) in [4.78, 5) is 19.1. The van der Waals surface area contributed by atoms with Crippen molar-refractivity contribution in [3.63, 3.8) is 0 Å². The SMILES string of the molecule is CCC1CCCCN1c1ccc(NC(=O)c2ccc(C)cc2)nc1. The van der Waals surface area contributed by atoms with Crippen LogP contribution in [0.15, 0.2) is 42.6 Å². The number of nitrogens with one attached hydrogen (secondary N) is 1. The van der Waals surface area contributed by atoms with Crippen LogP contribution in [0.25, 0.3) is 0 Å². The second kappa shape index (κ2) is 7.47. The monoisotopic (exact) mass is 323 g/mol. The van der Waals surface area contributed by atoms with Crippen molar-refractivity contribution in [1.29, 1.82) is 0 Å². The molecule has 3 rings (SSSR count). The second-order valence-electron chi connectivity index (χ2n) is 6.47. The van der Waals surface area contributed by atoms with Crippen LogP contribution >= 0.6 is 0 Å². The molecule has 1 aromatic heterocycles. The van der Waals surface area contributed by atoms with E-state index in [4.69, 9.17) is 0 Å². The highest BCUT2D eigenvalue weighted by molar-refractivity contribution is 6.03. The minimum absolute atomic E-state index is 0.125. The standard InChI is InChI=1S/C20H25N3O/c1-3-17-6-4-5-13-23(17)18-11-12-19(21-14-18)22-20(24)16-9-7-15(2)8-10-16/h7-12,14,17H,3-6,13H2,1-2H3,(H,21,22,24). The summed E-state index contributed by atoms with van der Waals surface area (Å²) < 4.78 is 0. The average Bonchev–Trinajstić information content (AvgIpc) is 2.63. The van der Waals surface area contributed by atoms with Gasteiger partial charge in [0.2, 0.25) is 0 Å². The van der Waals surface area contributed by atoms with Crippen molar-refractivity contribution < 1.29 is 4.79 Å². The Hall–Kier alpha value is -2.36. The summed E-state index contributed by atoms with van der Waals surface area (Å²) in [5, 5.41) is 2.86. The minimum Gasteiger partial charge on any atom is -0.367 e. The lowest BCUT2D eigenvalue weighted by Gasteiger charge is -2.37. The summed E-state index contributed by atoms with van der Waals surface area (Å²) in [7, 11) is 0. The molecular formula is C20H25N3O.